The van der Waals surface area contributed by atoms with Crippen molar-refractivity contribution in [3.05, 3.63) is 59.7 Å². The Morgan fingerprint density at radius 3 is 1.30 bits per heavy atom. The van der Waals surface area contributed by atoms with Crippen LogP contribution in [0.15, 0.2) is 68.5 Å². The van der Waals surface area contributed by atoms with E-state index >= 15 is 0 Å². The van der Waals surface area contributed by atoms with Crippen molar-refractivity contribution in [1.29, 1.82) is 0 Å². The van der Waals surface area contributed by atoms with E-state index in [0.29, 0.717) is 0 Å². The van der Waals surface area contributed by atoms with E-state index in [9.17, 15) is 0 Å². The van der Waals surface area contributed by atoms with Gasteiger partial charge in [0.25, 0.3) is 0 Å². The summed E-state index contributed by atoms with van der Waals surface area (Å²) in [6.45, 7) is 0. The highest BCUT2D eigenvalue weighted by Gasteiger charge is 1.91. The van der Waals surface area contributed by atoms with Gasteiger partial charge in [-0.1, -0.05) is 24.3 Å². The zero-order valence-corrected chi connectivity index (χ0v) is 13.1. The highest BCUT2D eigenvalue weighted by molar-refractivity contribution is 7.98. The largest absolute Gasteiger partial charge is 0.159 e. The van der Waals surface area contributed by atoms with Crippen molar-refractivity contribution in [2.75, 3.05) is 12.5 Å². The topological polar surface area (TPSA) is 24.7 Å². The lowest BCUT2D eigenvalue weighted by Crippen LogP contribution is -1.82. The van der Waals surface area contributed by atoms with Gasteiger partial charge in [-0.2, -0.15) is 10.2 Å². The molecule has 0 atom stereocenters. The van der Waals surface area contributed by atoms with E-state index in [1.807, 2.05) is 24.3 Å². The summed E-state index contributed by atoms with van der Waals surface area (Å²) in [6, 6.07) is 16.5. The fourth-order valence-corrected chi connectivity index (χ4v) is 2.40. The van der Waals surface area contributed by atoms with E-state index in [1.54, 1.807) is 36.0 Å². The monoisotopic (exact) mass is 300 g/mol. The maximum atomic E-state index is 4.07. The maximum Gasteiger partial charge on any atom is 0.0568 e. The summed E-state index contributed by atoms with van der Waals surface area (Å²) < 4.78 is 0. The Balaban J connectivity index is 1.95. The molecule has 0 amide bonds. The molecule has 0 bridgehead atoms. The van der Waals surface area contributed by atoms with Crippen LogP contribution >= 0.6 is 23.5 Å². The number of benzene rings is 2. The molecule has 0 unspecified atom stereocenters. The maximum absolute atomic E-state index is 4.07. The van der Waals surface area contributed by atoms with Crippen LogP contribution in [0.1, 0.15) is 11.1 Å². The summed E-state index contributed by atoms with van der Waals surface area (Å²) in [7, 11) is 0. The predicted octanol–water partition coefficient (Wildman–Crippen LogP) is 4.58. The van der Waals surface area contributed by atoms with Gasteiger partial charge in [0.1, 0.15) is 0 Å². The van der Waals surface area contributed by atoms with Crippen LogP contribution in [0.3, 0.4) is 0 Å². The van der Waals surface area contributed by atoms with Crippen LogP contribution in [0, 0.1) is 0 Å². The molecule has 0 saturated carbocycles. The van der Waals surface area contributed by atoms with Crippen molar-refractivity contribution < 1.29 is 0 Å². The number of hydrogen-bond donors (Lipinski definition) is 0. The van der Waals surface area contributed by atoms with Crippen LogP contribution in [-0.2, 0) is 0 Å². The summed E-state index contributed by atoms with van der Waals surface area (Å²) in [6.07, 6.45) is 7.65. The van der Waals surface area contributed by atoms with Crippen molar-refractivity contribution in [2.24, 2.45) is 10.2 Å². The molecule has 2 aromatic carbocycles. The third-order valence-corrected chi connectivity index (χ3v) is 4.20. The average molecular weight is 300 g/mol. The van der Waals surface area contributed by atoms with Gasteiger partial charge < -0.3 is 0 Å². The minimum absolute atomic E-state index is 1.05. The van der Waals surface area contributed by atoms with Gasteiger partial charge in [0.2, 0.25) is 0 Å². The summed E-state index contributed by atoms with van der Waals surface area (Å²) in [5.41, 5.74) is 2.11. The van der Waals surface area contributed by atoms with Crippen LogP contribution in [-0.4, -0.2) is 24.9 Å². The average Bonchev–Trinajstić information content (AvgIpc) is 2.53. The lowest BCUT2D eigenvalue weighted by atomic mass is 10.2. The van der Waals surface area contributed by atoms with Crippen molar-refractivity contribution >= 4 is 36.0 Å². The van der Waals surface area contributed by atoms with Crippen LogP contribution in [0.4, 0.5) is 0 Å². The van der Waals surface area contributed by atoms with Crippen LogP contribution < -0.4 is 0 Å². The second-order valence-electron chi connectivity index (χ2n) is 4.04. The number of nitrogens with zero attached hydrogens (tertiary/aromatic N) is 2. The van der Waals surface area contributed by atoms with Gasteiger partial charge in [-0.25, -0.2) is 0 Å². The van der Waals surface area contributed by atoms with E-state index in [-0.39, 0.29) is 0 Å². The Bertz CT molecular complexity index is 531. The van der Waals surface area contributed by atoms with Crippen molar-refractivity contribution in [3.63, 3.8) is 0 Å². The molecule has 4 heteroatoms. The first kappa shape index (κ1) is 14.9. The Hall–Kier alpha value is -1.52. The number of thioether (sulfide) groups is 2. The van der Waals surface area contributed by atoms with Gasteiger partial charge in [-0.15, -0.1) is 23.5 Å². The zero-order chi connectivity index (χ0) is 14.2. The normalized spacial score (nSPS) is 11.5. The summed E-state index contributed by atoms with van der Waals surface area (Å²) in [4.78, 5) is 2.50. The first-order valence-corrected chi connectivity index (χ1v) is 8.61. The van der Waals surface area contributed by atoms with Crippen LogP contribution in [0.2, 0.25) is 0 Å². The molecule has 0 aromatic heterocycles. The SMILES string of the molecule is CSc1ccc(/C=N\N=C/c2ccc(SC)cc2)cc1. The molecule has 0 radical (unpaired) electrons. The molecule has 0 heterocycles. The molecular formula is C16H16N2S2. The second-order valence-corrected chi connectivity index (χ2v) is 5.79. The molecule has 2 aromatic rings. The minimum atomic E-state index is 1.05. The minimum Gasteiger partial charge on any atom is -0.159 e. The molecule has 20 heavy (non-hydrogen) atoms. The van der Waals surface area contributed by atoms with Gasteiger partial charge in [-0.05, 0) is 47.9 Å². The lowest BCUT2D eigenvalue weighted by molar-refractivity contribution is 1.26. The van der Waals surface area contributed by atoms with Crippen LogP contribution in [0.5, 0.6) is 0 Å². The molecule has 0 aliphatic carbocycles. The van der Waals surface area contributed by atoms with Gasteiger partial charge >= 0.3 is 0 Å². The first-order chi connectivity index (χ1) is 9.81. The van der Waals surface area contributed by atoms with Gasteiger partial charge in [0, 0.05) is 9.79 Å². The molecule has 2 rings (SSSR count). The summed E-state index contributed by atoms with van der Waals surface area (Å²) in [5, 5.41) is 8.13. The highest BCUT2D eigenvalue weighted by Crippen LogP contribution is 2.14. The zero-order valence-electron chi connectivity index (χ0n) is 11.5. The molecule has 0 N–H and O–H groups in total. The summed E-state index contributed by atoms with van der Waals surface area (Å²) >= 11 is 3.46. The van der Waals surface area contributed by atoms with E-state index < -0.39 is 0 Å². The van der Waals surface area contributed by atoms with E-state index in [4.69, 9.17) is 0 Å². The van der Waals surface area contributed by atoms with Gasteiger partial charge in [0.05, 0.1) is 12.4 Å². The Morgan fingerprint density at radius 1 is 0.650 bits per heavy atom. The molecule has 0 aliphatic heterocycles. The predicted molar refractivity (Wildman–Crippen MR) is 91.6 cm³/mol. The molecule has 0 aliphatic rings. The third-order valence-electron chi connectivity index (χ3n) is 2.71. The molecule has 2 nitrogen and oxygen atoms in total. The molecule has 0 fully saturated rings. The molecule has 0 spiro atoms. The third kappa shape index (κ3) is 4.54. The highest BCUT2D eigenvalue weighted by atomic mass is 32.2. The fourth-order valence-electron chi connectivity index (χ4n) is 1.58. The second kappa shape index (κ2) is 7.92. The van der Waals surface area contributed by atoms with E-state index in [2.05, 4.69) is 47.0 Å². The number of hydrogen-bond acceptors (Lipinski definition) is 4. The molecule has 102 valence electrons. The Morgan fingerprint density at radius 2 is 1.00 bits per heavy atom. The van der Waals surface area contributed by atoms with Gasteiger partial charge in [0.15, 0.2) is 0 Å². The Labute approximate surface area is 128 Å². The van der Waals surface area contributed by atoms with Gasteiger partial charge in [-0.3, -0.25) is 0 Å². The summed E-state index contributed by atoms with van der Waals surface area (Å²) in [5.74, 6) is 0. The smallest absolute Gasteiger partial charge is 0.0568 e. The van der Waals surface area contributed by atoms with Crippen molar-refractivity contribution in [1.82, 2.24) is 0 Å². The fraction of sp³-hybridized carbons (Fsp3) is 0.125. The number of rotatable bonds is 5. The van der Waals surface area contributed by atoms with Crippen molar-refractivity contribution in [2.45, 2.75) is 9.79 Å². The Kier molecular flexibility index (Phi) is 5.89. The standard InChI is InChI=1S/C16H16N2S2/c1-19-15-7-3-13(4-8-15)11-17-18-12-14-5-9-16(20-2)10-6-14/h3-12H,1-2H3/b17-11-,18-12-. The van der Waals surface area contributed by atoms with Crippen LogP contribution in [0.25, 0.3) is 0 Å². The first-order valence-electron chi connectivity index (χ1n) is 6.16. The lowest BCUT2D eigenvalue weighted by Gasteiger charge is -1.96. The molecular weight excluding hydrogens is 284 g/mol. The van der Waals surface area contributed by atoms with Crippen molar-refractivity contribution in [3.8, 4) is 0 Å². The van der Waals surface area contributed by atoms with E-state index in [0.717, 1.165) is 11.1 Å². The molecule has 0 saturated heterocycles. The quantitative estimate of drug-likeness (QED) is 0.458. The van der Waals surface area contributed by atoms with E-state index in [1.165, 1.54) is 9.79 Å².